The molecule has 1 unspecified atom stereocenters. The summed E-state index contributed by atoms with van der Waals surface area (Å²) in [5, 5.41) is 15.0. The normalized spacial score (nSPS) is 17.2. The molecule has 0 bridgehead atoms. The number of carboxylic acid groups (broad SMARTS) is 1. The number of carbonyl (C=O) groups is 3. The van der Waals surface area contributed by atoms with E-state index in [4.69, 9.17) is 11.6 Å². The Morgan fingerprint density at radius 3 is 2.46 bits per heavy atom. The first-order valence-corrected chi connectivity index (χ1v) is 9.20. The van der Waals surface area contributed by atoms with Crippen molar-refractivity contribution in [1.82, 2.24) is 5.32 Å². The summed E-state index contributed by atoms with van der Waals surface area (Å²) in [7, 11) is 1.50. The number of carboxylic acids is 1. The Bertz CT molecular complexity index is 701. The maximum absolute atomic E-state index is 13.1. The molecule has 6 nitrogen and oxygen atoms in total. The Labute approximate surface area is 158 Å². The summed E-state index contributed by atoms with van der Waals surface area (Å²) in [5.74, 6) is -1.75. The molecule has 2 rings (SSSR count). The van der Waals surface area contributed by atoms with Crippen LogP contribution in [0.4, 0.5) is 5.69 Å². The van der Waals surface area contributed by atoms with Crippen LogP contribution in [0.2, 0.25) is 5.02 Å². The van der Waals surface area contributed by atoms with E-state index in [9.17, 15) is 19.5 Å². The van der Waals surface area contributed by atoms with Crippen molar-refractivity contribution in [3.05, 3.63) is 28.8 Å². The second-order valence-corrected chi connectivity index (χ2v) is 7.48. The minimum atomic E-state index is -1.05. The number of carbonyl (C=O) groups excluding carboxylic acids is 2. The fraction of sp³-hybridized carbons (Fsp3) is 0.526. The lowest BCUT2D eigenvalue weighted by molar-refractivity contribution is -0.145. The second-order valence-electron chi connectivity index (χ2n) is 7.05. The molecule has 142 valence electrons. The van der Waals surface area contributed by atoms with Gasteiger partial charge < -0.3 is 15.7 Å². The molecule has 1 aromatic rings. The lowest BCUT2D eigenvalue weighted by atomic mass is 9.67. The van der Waals surface area contributed by atoms with Crippen LogP contribution in [0.15, 0.2) is 18.2 Å². The molecule has 3 N–H and O–H groups in total. The zero-order valence-electron chi connectivity index (χ0n) is 15.1. The maximum atomic E-state index is 13.1. The minimum absolute atomic E-state index is 0.00464. The van der Waals surface area contributed by atoms with Crippen LogP contribution in [0.25, 0.3) is 0 Å². The van der Waals surface area contributed by atoms with Gasteiger partial charge in [-0.05, 0) is 43.9 Å². The number of nitrogens with one attached hydrogen (secondary N) is 2. The summed E-state index contributed by atoms with van der Waals surface area (Å²) in [4.78, 5) is 36.6. The SMILES string of the molecule is CNC(=O)c1ccc(Cl)cc1NC(=O)C(C)(CC(=O)O)C1CCCCC1. The van der Waals surface area contributed by atoms with Gasteiger partial charge in [-0.25, -0.2) is 0 Å². The van der Waals surface area contributed by atoms with E-state index in [1.807, 2.05) is 0 Å². The highest BCUT2D eigenvalue weighted by Crippen LogP contribution is 2.42. The van der Waals surface area contributed by atoms with E-state index in [-0.39, 0.29) is 35.4 Å². The molecular formula is C19H25ClN2O4. The van der Waals surface area contributed by atoms with E-state index < -0.39 is 11.4 Å². The quantitative estimate of drug-likeness (QED) is 0.701. The standard InChI is InChI=1S/C19H25ClN2O4/c1-19(11-16(23)24,12-6-4-3-5-7-12)18(26)22-15-10-13(20)8-9-14(15)17(25)21-2/h8-10,12H,3-7,11H2,1-2H3,(H,21,25)(H,22,26)(H,23,24). The van der Waals surface area contributed by atoms with Crippen molar-refractivity contribution < 1.29 is 19.5 Å². The highest BCUT2D eigenvalue weighted by atomic mass is 35.5. The van der Waals surface area contributed by atoms with Gasteiger partial charge in [0.1, 0.15) is 0 Å². The molecule has 0 aliphatic heterocycles. The monoisotopic (exact) mass is 380 g/mol. The van der Waals surface area contributed by atoms with Crippen molar-refractivity contribution in [2.75, 3.05) is 12.4 Å². The zero-order valence-corrected chi connectivity index (χ0v) is 15.9. The molecule has 0 spiro atoms. The fourth-order valence-electron chi connectivity index (χ4n) is 3.68. The van der Waals surface area contributed by atoms with Gasteiger partial charge >= 0.3 is 5.97 Å². The highest BCUT2D eigenvalue weighted by molar-refractivity contribution is 6.31. The van der Waals surface area contributed by atoms with E-state index in [0.29, 0.717) is 5.02 Å². The molecule has 1 aromatic carbocycles. The molecule has 1 aliphatic rings. The fourth-order valence-corrected chi connectivity index (χ4v) is 3.85. The molecule has 0 radical (unpaired) electrons. The number of benzene rings is 1. The Kier molecular flexibility index (Phi) is 6.64. The molecule has 26 heavy (non-hydrogen) atoms. The van der Waals surface area contributed by atoms with Gasteiger partial charge in [0.15, 0.2) is 0 Å². The third-order valence-electron chi connectivity index (χ3n) is 5.24. The molecule has 7 heteroatoms. The van der Waals surface area contributed by atoms with Gasteiger partial charge in [0.05, 0.1) is 23.1 Å². The van der Waals surface area contributed by atoms with E-state index >= 15 is 0 Å². The number of aliphatic carboxylic acids is 1. The maximum Gasteiger partial charge on any atom is 0.304 e. The Morgan fingerprint density at radius 1 is 1.23 bits per heavy atom. The van der Waals surface area contributed by atoms with Gasteiger partial charge in [-0.15, -0.1) is 0 Å². The number of hydrogen-bond acceptors (Lipinski definition) is 3. The van der Waals surface area contributed by atoms with Gasteiger partial charge in [-0.3, -0.25) is 14.4 Å². The van der Waals surface area contributed by atoms with E-state index in [2.05, 4.69) is 10.6 Å². The first-order chi connectivity index (χ1) is 12.3. The van der Waals surface area contributed by atoms with Crippen LogP contribution in [0.1, 0.15) is 55.8 Å². The summed E-state index contributed by atoms with van der Waals surface area (Å²) in [6.07, 6.45) is 4.50. The van der Waals surface area contributed by atoms with E-state index in [1.54, 1.807) is 13.0 Å². The zero-order chi connectivity index (χ0) is 19.3. The molecule has 1 atom stereocenters. The molecule has 1 saturated carbocycles. The summed E-state index contributed by atoms with van der Waals surface area (Å²) < 4.78 is 0. The predicted octanol–water partition coefficient (Wildman–Crippen LogP) is 3.70. The van der Waals surface area contributed by atoms with Crippen molar-refractivity contribution in [2.24, 2.45) is 11.3 Å². The van der Waals surface area contributed by atoms with Crippen LogP contribution in [0.3, 0.4) is 0 Å². The summed E-state index contributed by atoms with van der Waals surface area (Å²) in [6, 6.07) is 4.61. The largest absolute Gasteiger partial charge is 0.481 e. The molecule has 0 aromatic heterocycles. The number of halogens is 1. The Balaban J connectivity index is 2.33. The summed E-state index contributed by atoms with van der Waals surface area (Å²) in [6.45, 7) is 1.70. The summed E-state index contributed by atoms with van der Waals surface area (Å²) in [5.41, 5.74) is -0.477. The average molecular weight is 381 g/mol. The number of amides is 2. The molecule has 0 saturated heterocycles. The predicted molar refractivity (Wildman–Crippen MR) is 100 cm³/mol. The molecular weight excluding hydrogens is 356 g/mol. The number of anilines is 1. The molecule has 1 aliphatic carbocycles. The smallest absolute Gasteiger partial charge is 0.304 e. The van der Waals surface area contributed by atoms with Crippen molar-refractivity contribution in [2.45, 2.75) is 45.4 Å². The van der Waals surface area contributed by atoms with Crippen molar-refractivity contribution in [3.8, 4) is 0 Å². The van der Waals surface area contributed by atoms with Gasteiger partial charge in [-0.1, -0.05) is 30.9 Å². The number of rotatable bonds is 6. The Hall–Kier alpha value is -2.08. The lowest BCUT2D eigenvalue weighted by Crippen LogP contribution is -2.43. The number of hydrogen-bond donors (Lipinski definition) is 3. The first-order valence-electron chi connectivity index (χ1n) is 8.83. The van der Waals surface area contributed by atoms with Crippen molar-refractivity contribution in [1.29, 1.82) is 0 Å². The van der Waals surface area contributed by atoms with Gasteiger partial charge in [0.2, 0.25) is 5.91 Å². The minimum Gasteiger partial charge on any atom is -0.481 e. The van der Waals surface area contributed by atoms with Gasteiger partial charge in [0.25, 0.3) is 5.91 Å². The highest BCUT2D eigenvalue weighted by Gasteiger charge is 2.43. The van der Waals surface area contributed by atoms with Crippen LogP contribution in [0.5, 0.6) is 0 Å². The van der Waals surface area contributed by atoms with Crippen LogP contribution in [0, 0.1) is 11.3 Å². The van der Waals surface area contributed by atoms with Crippen LogP contribution < -0.4 is 10.6 Å². The van der Waals surface area contributed by atoms with Crippen molar-refractivity contribution >= 4 is 35.1 Å². The first kappa shape index (κ1) is 20.2. The lowest BCUT2D eigenvalue weighted by Gasteiger charge is -2.37. The van der Waals surface area contributed by atoms with E-state index in [0.717, 1.165) is 32.1 Å². The van der Waals surface area contributed by atoms with Crippen LogP contribution >= 0.6 is 11.6 Å². The topological polar surface area (TPSA) is 95.5 Å². The Morgan fingerprint density at radius 2 is 1.88 bits per heavy atom. The molecule has 2 amide bonds. The van der Waals surface area contributed by atoms with E-state index in [1.165, 1.54) is 19.2 Å². The summed E-state index contributed by atoms with van der Waals surface area (Å²) >= 11 is 6.02. The molecule has 1 fully saturated rings. The van der Waals surface area contributed by atoms with Gasteiger partial charge in [-0.2, -0.15) is 0 Å². The van der Waals surface area contributed by atoms with Crippen LogP contribution in [-0.2, 0) is 9.59 Å². The third kappa shape index (κ3) is 4.55. The van der Waals surface area contributed by atoms with Crippen molar-refractivity contribution in [3.63, 3.8) is 0 Å². The second kappa shape index (κ2) is 8.54. The molecule has 0 heterocycles. The van der Waals surface area contributed by atoms with Crippen LogP contribution in [-0.4, -0.2) is 29.9 Å². The van der Waals surface area contributed by atoms with Gasteiger partial charge in [0, 0.05) is 12.1 Å². The third-order valence-corrected chi connectivity index (χ3v) is 5.48. The average Bonchev–Trinajstić information content (AvgIpc) is 2.61.